The van der Waals surface area contributed by atoms with Gasteiger partial charge in [-0.3, -0.25) is 4.18 Å². The van der Waals surface area contributed by atoms with Gasteiger partial charge in [0.15, 0.2) is 0 Å². The molecule has 0 radical (unpaired) electrons. The largest absolute Gasteiger partial charge is 1.00 e. The van der Waals surface area contributed by atoms with E-state index in [9.17, 15) is 13.0 Å². The molecule has 0 N–H and O–H groups in total. The van der Waals surface area contributed by atoms with Gasteiger partial charge in [0.25, 0.3) is 0 Å². The molecule has 0 fully saturated rings. The molecule has 0 aromatic heterocycles. The van der Waals surface area contributed by atoms with Crippen LogP contribution in [0.25, 0.3) is 0 Å². The Morgan fingerprint density at radius 1 is 0.958 bits per heavy atom. The molecule has 140 valence electrons. The topological polar surface area (TPSA) is 66.4 Å². The summed E-state index contributed by atoms with van der Waals surface area (Å²) < 4.78 is 36.7. The summed E-state index contributed by atoms with van der Waals surface area (Å²) in [5, 5.41) is 0. The molecule has 0 amide bonds. The van der Waals surface area contributed by atoms with Crippen molar-refractivity contribution in [2.45, 2.75) is 87.0 Å². The first kappa shape index (κ1) is 27.1. The maximum absolute atomic E-state index is 10.7. The molecule has 0 aliphatic heterocycles. The quantitative estimate of drug-likeness (QED) is 0.335. The standard InChI is InChI=1S/C18H38O4S.Na/c1-15(13-18(5,6)7)10-11-16(14-22-23(19,20)21)9-8-12-17(2,3)4;/h15-16H,8-14H2,1-7H3,(H,19,20,21);/q;+1/p-1. The molecule has 0 rings (SSSR count). The van der Waals surface area contributed by atoms with E-state index in [4.69, 9.17) is 0 Å². The maximum Gasteiger partial charge on any atom is 1.00 e. The Morgan fingerprint density at radius 2 is 1.50 bits per heavy atom. The van der Waals surface area contributed by atoms with Crippen LogP contribution in [0.1, 0.15) is 87.0 Å². The zero-order valence-electron chi connectivity index (χ0n) is 17.1. The van der Waals surface area contributed by atoms with Gasteiger partial charge in [0.1, 0.15) is 0 Å². The van der Waals surface area contributed by atoms with E-state index in [0.29, 0.717) is 11.3 Å². The first-order valence-electron chi connectivity index (χ1n) is 8.78. The van der Waals surface area contributed by atoms with Crippen molar-refractivity contribution in [2.75, 3.05) is 6.61 Å². The van der Waals surface area contributed by atoms with Gasteiger partial charge in [-0.1, -0.05) is 61.3 Å². The Balaban J connectivity index is 0. The molecule has 0 bridgehead atoms. The summed E-state index contributed by atoms with van der Waals surface area (Å²) in [6, 6.07) is 0. The third-order valence-electron chi connectivity index (χ3n) is 4.02. The minimum absolute atomic E-state index is 0. The van der Waals surface area contributed by atoms with Crippen molar-refractivity contribution in [2.24, 2.45) is 22.7 Å². The molecule has 2 unspecified atom stereocenters. The molecule has 0 aromatic carbocycles. The molecular formula is C18H37NaO4S. The van der Waals surface area contributed by atoms with E-state index in [-0.39, 0.29) is 47.5 Å². The summed E-state index contributed by atoms with van der Waals surface area (Å²) in [4.78, 5) is 0. The molecule has 24 heavy (non-hydrogen) atoms. The van der Waals surface area contributed by atoms with Crippen LogP contribution >= 0.6 is 0 Å². The number of rotatable bonds is 10. The molecule has 0 heterocycles. The van der Waals surface area contributed by atoms with Crippen LogP contribution in [0.5, 0.6) is 0 Å². The minimum Gasteiger partial charge on any atom is -0.726 e. The fourth-order valence-corrected chi connectivity index (χ4v) is 3.44. The summed E-state index contributed by atoms with van der Waals surface area (Å²) in [5.41, 5.74) is 0.575. The van der Waals surface area contributed by atoms with Gasteiger partial charge in [-0.25, -0.2) is 8.42 Å². The Bertz CT molecular complexity index is 421. The van der Waals surface area contributed by atoms with E-state index in [1.807, 2.05) is 0 Å². The summed E-state index contributed by atoms with van der Waals surface area (Å²) in [5.74, 6) is 0.729. The normalized spacial score (nSPS) is 15.7. The Hall–Kier alpha value is 0.870. The molecule has 0 aliphatic rings. The minimum atomic E-state index is -4.59. The van der Waals surface area contributed by atoms with E-state index in [0.717, 1.165) is 38.5 Å². The molecule has 0 saturated heterocycles. The predicted molar refractivity (Wildman–Crippen MR) is 94.9 cm³/mol. The van der Waals surface area contributed by atoms with Gasteiger partial charge >= 0.3 is 29.6 Å². The SMILES string of the molecule is CC(CCC(CCCC(C)(C)C)COS(=O)(=O)[O-])CC(C)(C)C.[Na+]. The van der Waals surface area contributed by atoms with Gasteiger partial charge in [0, 0.05) is 0 Å². The zero-order valence-corrected chi connectivity index (χ0v) is 20.0. The van der Waals surface area contributed by atoms with Crippen LogP contribution in [0.3, 0.4) is 0 Å². The van der Waals surface area contributed by atoms with E-state index in [1.165, 1.54) is 0 Å². The van der Waals surface area contributed by atoms with Gasteiger partial charge in [-0.2, -0.15) is 0 Å². The molecule has 0 aromatic rings. The molecule has 0 aliphatic carbocycles. The number of hydrogen-bond acceptors (Lipinski definition) is 4. The average Bonchev–Trinajstić information content (AvgIpc) is 2.27. The fourth-order valence-electron chi connectivity index (χ4n) is 3.08. The van der Waals surface area contributed by atoms with Gasteiger partial charge in [-0.15, -0.1) is 0 Å². The summed E-state index contributed by atoms with van der Waals surface area (Å²) >= 11 is 0. The molecule has 0 spiro atoms. The van der Waals surface area contributed by atoms with Crippen LogP contribution in [0.2, 0.25) is 0 Å². The van der Waals surface area contributed by atoms with Crippen molar-refractivity contribution < 1.29 is 46.7 Å². The van der Waals surface area contributed by atoms with Crippen LogP contribution in [0.4, 0.5) is 0 Å². The van der Waals surface area contributed by atoms with Crippen molar-refractivity contribution in [1.29, 1.82) is 0 Å². The van der Waals surface area contributed by atoms with Crippen LogP contribution < -0.4 is 29.6 Å². The second-order valence-electron chi connectivity index (χ2n) is 9.46. The third-order valence-corrected chi connectivity index (χ3v) is 4.44. The van der Waals surface area contributed by atoms with Gasteiger partial charge in [-0.05, 0) is 48.3 Å². The predicted octanol–water partition coefficient (Wildman–Crippen LogP) is 2.15. The fraction of sp³-hybridized carbons (Fsp3) is 1.00. The van der Waals surface area contributed by atoms with E-state index in [2.05, 4.69) is 52.6 Å². The smallest absolute Gasteiger partial charge is 0.726 e. The third kappa shape index (κ3) is 19.2. The molecular weight excluding hydrogens is 335 g/mol. The van der Waals surface area contributed by atoms with Crippen LogP contribution in [0.15, 0.2) is 0 Å². The van der Waals surface area contributed by atoms with Gasteiger partial charge in [0.2, 0.25) is 10.4 Å². The first-order valence-corrected chi connectivity index (χ1v) is 10.1. The van der Waals surface area contributed by atoms with E-state index in [1.54, 1.807) is 0 Å². The van der Waals surface area contributed by atoms with Crippen LogP contribution in [-0.2, 0) is 14.6 Å². The summed E-state index contributed by atoms with van der Waals surface area (Å²) in [7, 11) is -4.59. The van der Waals surface area contributed by atoms with Gasteiger partial charge in [0.05, 0.1) is 6.61 Å². The monoisotopic (exact) mass is 372 g/mol. The van der Waals surface area contributed by atoms with Crippen molar-refractivity contribution >= 4 is 10.4 Å². The van der Waals surface area contributed by atoms with Crippen molar-refractivity contribution in [3.8, 4) is 0 Å². The zero-order chi connectivity index (χ0) is 18.3. The molecule has 2 atom stereocenters. The molecule has 6 heteroatoms. The molecule has 4 nitrogen and oxygen atoms in total. The van der Waals surface area contributed by atoms with Crippen molar-refractivity contribution in [3.63, 3.8) is 0 Å². The summed E-state index contributed by atoms with van der Waals surface area (Å²) in [6.07, 6.45) is 6.13. The summed E-state index contributed by atoms with van der Waals surface area (Å²) in [6.45, 7) is 15.6. The van der Waals surface area contributed by atoms with Crippen LogP contribution in [-0.4, -0.2) is 19.6 Å². The van der Waals surface area contributed by atoms with Crippen molar-refractivity contribution in [1.82, 2.24) is 0 Å². The van der Waals surface area contributed by atoms with Crippen molar-refractivity contribution in [3.05, 3.63) is 0 Å². The second kappa shape index (κ2) is 11.6. The Morgan fingerprint density at radius 3 is 1.92 bits per heavy atom. The Labute approximate surface area is 172 Å². The number of hydrogen-bond donors (Lipinski definition) is 0. The van der Waals surface area contributed by atoms with Gasteiger partial charge < -0.3 is 4.55 Å². The molecule has 0 saturated carbocycles. The van der Waals surface area contributed by atoms with E-state index < -0.39 is 10.4 Å². The van der Waals surface area contributed by atoms with Crippen LogP contribution in [0, 0.1) is 22.7 Å². The average molecular weight is 373 g/mol. The van der Waals surface area contributed by atoms with E-state index >= 15 is 0 Å². The second-order valence-corrected chi connectivity index (χ2v) is 10.5. The Kier molecular flexibility index (Phi) is 13.0. The maximum atomic E-state index is 10.7. The first-order chi connectivity index (χ1) is 10.2.